The molecule has 104 valence electrons. The summed E-state index contributed by atoms with van der Waals surface area (Å²) in [7, 11) is 0. The topological polar surface area (TPSA) is 41.1 Å². The first-order chi connectivity index (χ1) is 9.45. The number of nitrogens with one attached hydrogen (secondary N) is 2. The van der Waals surface area contributed by atoms with Gasteiger partial charge in [-0.15, -0.1) is 0 Å². The maximum absolute atomic E-state index is 13.1. The Morgan fingerprint density at radius 1 is 1.10 bits per heavy atom. The number of rotatable bonds is 2. The zero-order valence-electron chi connectivity index (χ0n) is 9.88. The lowest BCUT2D eigenvalue weighted by atomic mass is 10.3. The molecule has 2 aromatic carbocycles. The van der Waals surface area contributed by atoms with Crippen molar-refractivity contribution in [3.63, 3.8) is 0 Å². The molecule has 20 heavy (non-hydrogen) atoms. The predicted molar refractivity (Wildman–Crippen MR) is 83.2 cm³/mol. The number of hydrogen-bond donors (Lipinski definition) is 2. The minimum atomic E-state index is -0.507. The van der Waals surface area contributed by atoms with Crippen LogP contribution in [0.5, 0.6) is 0 Å². The van der Waals surface area contributed by atoms with E-state index in [4.69, 9.17) is 23.2 Å². The molecular weight excluding hydrogens is 370 g/mol. The van der Waals surface area contributed by atoms with Gasteiger partial charge in [0.1, 0.15) is 5.82 Å². The number of carbonyl (C=O) groups is 1. The van der Waals surface area contributed by atoms with E-state index in [-0.39, 0.29) is 4.47 Å². The summed E-state index contributed by atoms with van der Waals surface area (Å²) in [6, 6.07) is 8.36. The van der Waals surface area contributed by atoms with Crippen molar-refractivity contribution in [3.05, 3.63) is 56.7 Å². The summed E-state index contributed by atoms with van der Waals surface area (Å²) >= 11 is 14.8. The van der Waals surface area contributed by atoms with Crippen molar-refractivity contribution in [1.29, 1.82) is 0 Å². The molecule has 2 amide bonds. The fourth-order valence-corrected chi connectivity index (χ4v) is 2.17. The highest BCUT2D eigenvalue weighted by atomic mass is 79.9. The van der Waals surface area contributed by atoms with Gasteiger partial charge < -0.3 is 10.6 Å². The van der Waals surface area contributed by atoms with E-state index in [1.54, 1.807) is 12.1 Å². The molecule has 0 atom stereocenters. The van der Waals surface area contributed by atoms with E-state index in [0.29, 0.717) is 21.4 Å². The second kappa shape index (κ2) is 6.43. The first kappa shape index (κ1) is 15.1. The molecule has 0 aliphatic heterocycles. The molecule has 0 aromatic heterocycles. The van der Waals surface area contributed by atoms with Crippen molar-refractivity contribution in [3.8, 4) is 0 Å². The van der Waals surface area contributed by atoms with Crippen molar-refractivity contribution in [2.45, 2.75) is 0 Å². The van der Waals surface area contributed by atoms with Gasteiger partial charge in [0.15, 0.2) is 0 Å². The smallest absolute Gasteiger partial charge is 0.308 e. The number of benzene rings is 2. The predicted octanol–water partition coefficient (Wildman–Crippen LogP) is 5.54. The quantitative estimate of drug-likeness (QED) is 0.708. The molecule has 7 heteroatoms. The number of hydrogen-bond acceptors (Lipinski definition) is 1. The molecule has 0 saturated heterocycles. The summed E-state index contributed by atoms with van der Waals surface area (Å²) in [5.41, 5.74) is 0.826. The lowest BCUT2D eigenvalue weighted by Gasteiger charge is -2.09. The fourth-order valence-electron chi connectivity index (χ4n) is 1.45. The minimum absolute atomic E-state index is 0.260. The number of halogens is 4. The van der Waals surface area contributed by atoms with Crippen molar-refractivity contribution >= 4 is 56.5 Å². The maximum Gasteiger partial charge on any atom is 0.323 e. The highest BCUT2D eigenvalue weighted by Gasteiger charge is 2.08. The molecule has 0 saturated carbocycles. The van der Waals surface area contributed by atoms with Gasteiger partial charge >= 0.3 is 6.03 Å². The van der Waals surface area contributed by atoms with Gasteiger partial charge in [0, 0.05) is 10.7 Å². The monoisotopic (exact) mass is 376 g/mol. The molecule has 0 fully saturated rings. The molecule has 0 heterocycles. The van der Waals surface area contributed by atoms with Gasteiger partial charge in [0.25, 0.3) is 0 Å². The summed E-state index contributed by atoms with van der Waals surface area (Å²) < 4.78 is 13.3. The minimum Gasteiger partial charge on any atom is -0.308 e. The van der Waals surface area contributed by atoms with Gasteiger partial charge in [-0.1, -0.05) is 23.2 Å². The summed E-state index contributed by atoms with van der Waals surface area (Å²) in [6.45, 7) is 0. The summed E-state index contributed by atoms with van der Waals surface area (Å²) in [6.07, 6.45) is 0. The highest BCUT2D eigenvalue weighted by molar-refractivity contribution is 9.10. The summed E-state index contributed by atoms with van der Waals surface area (Å²) in [5, 5.41) is 5.93. The second-order valence-corrected chi connectivity index (χ2v) is 5.53. The second-order valence-electron chi connectivity index (χ2n) is 3.83. The number of carbonyl (C=O) groups excluding carboxylic acids is 1. The first-order valence-electron chi connectivity index (χ1n) is 5.44. The van der Waals surface area contributed by atoms with Crippen LogP contribution in [0.3, 0.4) is 0 Å². The van der Waals surface area contributed by atoms with Crippen molar-refractivity contribution in [2.75, 3.05) is 10.6 Å². The normalized spacial score (nSPS) is 10.2. The lowest BCUT2D eigenvalue weighted by Crippen LogP contribution is -2.19. The Kier molecular flexibility index (Phi) is 4.86. The average molecular weight is 378 g/mol. The van der Waals surface area contributed by atoms with E-state index in [9.17, 15) is 9.18 Å². The molecule has 3 nitrogen and oxygen atoms in total. The van der Waals surface area contributed by atoms with Crippen molar-refractivity contribution < 1.29 is 9.18 Å². The Hall–Kier alpha value is -1.30. The van der Waals surface area contributed by atoms with Crippen molar-refractivity contribution in [1.82, 2.24) is 0 Å². The van der Waals surface area contributed by atoms with Crippen LogP contribution in [0.25, 0.3) is 0 Å². The third-order valence-corrected chi connectivity index (χ3v) is 3.53. The maximum atomic E-state index is 13.1. The van der Waals surface area contributed by atoms with E-state index in [1.165, 1.54) is 24.3 Å². The molecule has 0 aliphatic rings. The lowest BCUT2D eigenvalue weighted by molar-refractivity contribution is 0.262. The number of urea groups is 1. The van der Waals surface area contributed by atoms with Crippen LogP contribution in [0.1, 0.15) is 0 Å². The Bertz CT molecular complexity index is 667. The van der Waals surface area contributed by atoms with Gasteiger partial charge in [-0.2, -0.15) is 0 Å². The van der Waals surface area contributed by atoms with Crippen LogP contribution in [-0.2, 0) is 0 Å². The Morgan fingerprint density at radius 2 is 1.85 bits per heavy atom. The molecule has 0 aliphatic carbocycles. The molecule has 2 N–H and O–H groups in total. The molecule has 0 bridgehead atoms. The Labute approximate surface area is 133 Å². The molecule has 2 rings (SSSR count). The molecule has 0 unspecified atom stereocenters. The van der Waals surface area contributed by atoms with Gasteiger partial charge in [0.05, 0.1) is 15.2 Å². The largest absolute Gasteiger partial charge is 0.323 e. The Balaban J connectivity index is 2.09. The van der Waals surface area contributed by atoms with E-state index < -0.39 is 11.8 Å². The van der Waals surface area contributed by atoms with E-state index in [0.717, 1.165) is 0 Å². The van der Waals surface area contributed by atoms with Gasteiger partial charge in [0.2, 0.25) is 0 Å². The first-order valence-corrected chi connectivity index (χ1v) is 6.99. The summed E-state index contributed by atoms with van der Waals surface area (Å²) in [4.78, 5) is 11.8. The fraction of sp³-hybridized carbons (Fsp3) is 0. The average Bonchev–Trinajstić information content (AvgIpc) is 2.38. The zero-order valence-corrected chi connectivity index (χ0v) is 13.0. The van der Waals surface area contributed by atoms with Crippen LogP contribution in [0.15, 0.2) is 40.9 Å². The third-order valence-electron chi connectivity index (χ3n) is 2.35. The van der Waals surface area contributed by atoms with Crippen LogP contribution in [0.2, 0.25) is 10.0 Å². The number of amides is 2. The molecule has 2 aromatic rings. The molecule has 0 radical (unpaired) electrons. The van der Waals surface area contributed by atoms with Crippen molar-refractivity contribution in [2.24, 2.45) is 0 Å². The van der Waals surface area contributed by atoms with Gasteiger partial charge in [-0.05, 0) is 52.3 Å². The van der Waals surface area contributed by atoms with Crippen LogP contribution in [0.4, 0.5) is 20.6 Å². The third kappa shape index (κ3) is 3.85. The SMILES string of the molecule is O=C(Nc1ccc(F)c(Br)c1)Nc1cc(Cl)ccc1Cl. The summed E-state index contributed by atoms with van der Waals surface area (Å²) in [5.74, 6) is -0.408. The van der Waals surface area contributed by atoms with Crippen LogP contribution in [0, 0.1) is 5.82 Å². The van der Waals surface area contributed by atoms with E-state index >= 15 is 0 Å². The van der Waals surface area contributed by atoms with Crippen LogP contribution in [-0.4, -0.2) is 6.03 Å². The standard InChI is InChI=1S/C13H8BrCl2FN2O/c14-9-6-8(2-4-11(9)17)18-13(20)19-12-5-7(15)1-3-10(12)16/h1-6H,(H2,18,19,20). The van der Waals surface area contributed by atoms with Gasteiger partial charge in [-0.25, -0.2) is 9.18 Å². The van der Waals surface area contributed by atoms with Gasteiger partial charge in [-0.3, -0.25) is 0 Å². The van der Waals surface area contributed by atoms with E-state index in [1.807, 2.05) is 0 Å². The number of anilines is 2. The zero-order chi connectivity index (χ0) is 14.7. The Morgan fingerprint density at radius 3 is 2.55 bits per heavy atom. The molecular formula is C13H8BrCl2FN2O. The highest BCUT2D eigenvalue weighted by Crippen LogP contribution is 2.26. The molecule has 0 spiro atoms. The van der Waals surface area contributed by atoms with Crippen LogP contribution < -0.4 is 10.6 Å². The van der Waals surface area contributed by atoms with E-state index in [2.05, 4.69) is 26.6 Å². The van der Waals surface area contributed by atoms with Crippen LogP contribution >= 0.6 is 39.1 Å².